The van der Waals surface area contributed by atoms with Crippen LogP contribution >= 0.6 is 11.3 Å². The Labute approximate surface area is 141 Å². The van der Waals surface area contributed by atoms with Crippen LogP contribution in [0.2, 0.25) is 0 Å². The summed E-state index contributed by atoms with van der Waals surface area (Å²) >= 11 is 1.43. The molecular weight excluding hydrogens is 310 g/mol. The molecule has 23 heavy (non-hydrogen) atoms. The van der Waals surface area contributed by atoms with Crippen molar-refractivity contribution in [1.29, 1.82) is 0 Å². The van der Waals surface area contributed by atoms with Crippen molar-refractivity contribution in [2.75, 3.05) is 12.4 Å². The average molecular weight is 333 g/mol. The SMILES string of the molecule is COc1ccc(C(C)(C)C(=O)Nc2nnc(CC(C)C)s2)cc1. The number of hydrogen-bond donors (Lipinski definition) is 1. The summed E-state index contributed by atoms with van der Waals surface area (Å²) in [6, 6.07) is 7.53. The van der Waals surface area contributed by atoms with Crippen molar-refractivity contribution in [2.45, 2.75) is 39.5 Å². The number of ether oxygens (including phenoxy) is 1. The van der Waals surface area contributed by atoms with E-state index in [9.17, 15) is 4.79 Å². The number of carbonyl (C=O) groups is 1. The number of methoxy groups -OCH3 is 1. The fraction of sp³-hybridized carbons (Fsp3) is 0.471. The van der Waals surface area contributed by atoms with Gasteiger partial charge in [0, 0.05) is 6.42 Å². The maximum Gasteiger partial charge on any atom is 0.236 e. The predicted octanol–water partition coefficient (Wildman–Crippen LogP) is 3.66. The number of aromatic nitrogens is 2. The lowest BCUT2D eigenvalue weighted by Crippen LogP contribution is -2.34. The van der Waals surface area contributed by atoms with E-state index in [0.29, 0.717) is 11.0 Å². The minimum Gasteiger partial charge on any atom is -0.497 e. The lowest BCUT2D eigenvalue weighted by atomic mass is 9.84. The van der Waals surface area contributed by atoms with E-state index in [1.807, 2.05) is 38.1 Å². The largest absolute Gasteiger partial charge is 0.497 e. The third kappa shape index (κ3) is 4.28. The Balaban J connectivity index is 2.09. The van der Waals surface area contributed by atoms with Crippen LogP contribution < -0.4 is 10.1 Å². The Morgan fingerprint density at radius 1 is 1.26 bits per heavy atom. The molecular formula is C17H23N3O2S. The number of nitrogens with zero attached hydrogens (tertiary/aromatic N) is 2. The Morgan fingerprint density at radius 3 is 2.48 bits per heavy atom. The van der Waals surface area contributed by atoms with Gasteiger partial charge in [-0.3, -0.25) is 10.1 Å². The number of amides is 1. The van der Waals surface area contributed by atoms with Crippen LogP contribution in [0.5, 0.6) is 5.75 Å². The Hall–Kier alpha value is -1.95. The lowest BCUT2D eigenvalue weighted by molar-refractivity contribution is -0.120. The van der Waals surface area contributed by atoms with Gasteiger partial charge in [0.2, 0.25) is 11.0 Å². The van der Waals surface area contributed by atoms with Gasteiger partial charge < -0.3 is 4.74 Å². The summed E-state index contributed by atoms with van der Waals surface area (Å²) in [5.74, 6) is 1.18. The van der Waals surface area contributed by atoms with E-state index >= 15 is 0 Å². The highest BCUT2D eigenvalue weighted by Crippen LogP contribution is 2.28. The summed E-state index contributed by atoms with van der Waals surface area (Å²) in [4.78, 5) is 12.6. The van der Waals surface area contributed by atoms with Gasteiger partial charge >= 0.3 is 0 Å². The van der Waals surface area contributed by atoms with Crippen LogP contribution in [0.15, 0.2) is 24.3 Å². The topological polar surface area (TPSA) is 64.1 Å². The molecule has 1 heterocycles. The molecule has 0 radical (unpaired) electrons. The Bertz CT molecular complexity index is 663. The lowest BCUT2D eigenvalue weighted by Gasteiger charge is -2.23. The van der Waals surface area contributed by atoms with E-state index in [1.165, 1.54) is 11.3 Å². The monoisotopic (exact) mass is 333 g/mol. The standard InChI is InChI=1S/C17H23N3O2S/c1-11(2)10-14-19-20-16(23-14)18-15(21)17(3,4)12-6-8-13(22-5)9-7-12/h6-9,11H,10H2,1-5H3,(H,18,20,21). The number of carbonyl (C=O) groups excluding carboxylic acids is 1. The first kappa shape index (κ1) is 17.4. The molecule has 1 aromatic carbocycles. The first-order valence-electron chi connectivity index (χ1n) is 7.61. The van der Waals surface area contributed by atoms with E-state index < -0.39 is 5.41 Å². The van der Waals surface area contributed by atoms with Gasteiger partial charge in [-0.05, 0) is 37.5 Å². The molecule has 0 aliphatic heterocycles. The molecule has 2 aromatic rings. The van der Waals surface area contributed by atoms with Crippen LogP contribution in [0.25, 0.3) is 0 Å². The second kappa shape index (κ2) is 7.08. The number of anilines is 1. The number of hydrogen-bond acceptors (Lipinski definition) is 5. The summed E-state index contributed by atoms with van der Waals surface area (Å²) in [6.45, 7) is 8.04. The molecule has 0 saturated carbocycles. The van der Waals surface area contributed by atoms with Crippen molar-refractivity contribution in [3.8, 4) is 5.75 Å². The molecule has 124 valence electrons. The predicted molar refractivity (Wildman–Crippen MR) is 93.1 cm³/mol. The third-order valence-electron chi connectivity index (χ3n) is 3.65. The zero-order valence-corrected chi connectivity index (χ0v) is 15.0. The minimum absolute atomic E-state index is 0.102. The van der Waals surface area contributed by atoms with E-state index in [1.54, 1.807) is 7.11 Å². The molecule has 1 aromatic heterocycles. The van der Waals surface area contributed by atoms with Crippen molar-refractivity contribution >= 4 is 22.4 Å². The summed E-state index contributed by atoms with van der Waals surface area (Å²) < 4.78 is 5.16. The third-order valence-corrected chi connectivity index (χ3v) is 4.51. The molecule has 0 bridgehead atoms. The van der Waals surface area contributed by atoms with Gasteiger partial charge in [0.25, 0.3) is 0 Å². The van der Waals surface area contributed by atoms with Crippen LogP contribution in [-0.4, -0.2) is 23.2 Å². The quantitative estimate of drug-likeness (QED) is 0.876. The van der Waals surface area contributed by atoms with Crippen LogP contribution in [0, 0.1) is 5.92 Å². The summed E-state index contributed by atoms with van der Waals surface area (Å²) in [5.41, 5.74) is 0.249. The van der Waals surface area contributed by atoms with Gasteiger partial charge in [0.05, 0.1) is 12.5 Å². The summed E-state index contributed by atoms with van der Waals surface area (Å²) in [7, 11) is 1.62. The van der Waals surface area contributed by atoms with E-state index in [4.69, 9.17) is 4.74 Å². The van der Waals surface area contributed by atoms with E-state index in [0.717, 1.165) is 22.7 Å². The van der Waals surface area contributed by atoms with Crippen LogP contribution in [-0.2, 0) is 16.6 Å². The number of benzene rings is 1. The van der Waals surface area contributed by atoms with Gasteiger partial charge in [-0.25, -0.2) is 0 Å². The Kier molecular flexibility index (Phi) is 5.36. The molecule has 0 unspecified atom stereocenters. The molecule has 5 nitrogen and oxygen atoms in total. The average Bonchev–Trinajstić information content (AvgIpc) is 2.93. The molecule has 6 heteroatoms. The first-order chi connectivity index (χ1) is 10.8. The molecule has 0 fully saturated rings. The first-order valence-corrected chi connectivity index (χ1v) is 8.43. The van der Waals surface area contributed by atoms with Crippen molar-refractivity contribution < 1.29 is 9.53 Å². The summed E-state index contributed by atoms with van der Waals surface area (Å²) in [5, 5.41) is 12.6. The van der Waals surface area contributed by atoms with Crippen molar-refractivity contribution in [2.24, 2.45) is 5.92 Å². The Morgan fingerprint density at radius 2 is 1.91 bits per heavy atom. The van der Waals surface area contributed by atoms with Gasteiger partial charge in [0.15, 0.2) is 0 Å². The molecule has 0 spiro atoms. The van der Waals surface area contributed by atoms with Gasteiger partial charge in [0.1, 0.15) is 10.8 Å². The summed E-state index contributed by atoms with van der Waals surface area (Å²) in [6.07, 6.45) is 0.870. The zero-order chi connectivity index (χ0) is 17.0. The molecule has 2 rings (SSSR count). The fourth-order valence-electron chi connectivity index (χ4n) is 2.13. The molecule has 0 aliphatic carbocycles. The molecule has 0 saturated heterocycles. The molecule has 1 N–H and O–H groups in total. The molecule has 0 aliphatic rings. The number of nitrogens with one attached hydrogen (secondary N) is 1. The van der Waals surface area contributed by atoms with Gasteiger partial charge in [-0.15, -0.1) is 10.2 Å². The van der Waals surface area contributed by atoms with Crippen LogP contribution in [0.3, 0.4) is 0 Å². The van der Waals surface area contributed by atoms with Crippen molar-refractivity contribution in [3.05, 3.63) is 34.8 Å². The maximum absolute atomic E-state index is 12.6. The highest BCUT2D eigenvalue weighted by atomic mass is 32.1. The van der Waals surface area contributed by atoms with Gasteiger partial charge in [-0.2, -0.15) is 0 Å². The van der Waals surface area contributed by atoms with E-state index in [-0.39, 0.29) is 5.91 Å². The fourth-order valence-corrected chi connectivity index (χ4v) is 3.07. The maximum atomic E-state index is 12.6. The van der Waals surface area contributed by atoms with Crippen LogP contribution in [0.4, 0.5) is 5.13 Å². The van der Waals surface area contributed by atoms with Crippen molar-refractivity contribution in [1.82, 2.24) is 10.2 Å². The van der Waals surface area contributed by atoms with Crippen molar-refractivity contribution in [3.63, 3.8) is 0 Å². The van der Waals surface area contributed by atoms with Crippen LogP contribution in [0.1, 0.15) is 38.3 Å². The zero-order valence-electron chi connectivity index (χ0n) is 14.2. The highest BCUT2D eigenvalue weighted by molar-refractivity contribution is 7.15. The molecule has 0 atom stereocenters. The normalized spacial score (nSPS) is 11.6. The van der Waals surface area contributed by atoms with E-state index in [2.05, 4.69) is 29.4 Å². The second-order valence-corrected chi connectivity index (χ2v) is 7.47. The minimum atomic E-state index is -0.670. The van der Waals surface area contributed by atoms with Gasteiger partial charge in [-0.1, -0.05) is 37.3 Å². The highest BCUT2D eigenvalue weighted by Gasteiger charge is 2.30. The number of rotatable bonds is 6. The smallest absolute Gasteiger partial charge is 0.236 e. The molecule has 1 amide bonds. The second-order valence-electron chi connectivity index (χ2n) is 6.41.